The maximum absolute atomic E-state index is 13.8. The molecule has 14 nitrogen and oxygen atoms in total. The number of anilines is 3. The SMILES string of the molecule is O=C1CCC(N2Cc3ccc(N4CCC(CN5CC6C(C(=O)N7CCN8c9cc(-c%10ccccc%10O)nnc9NC[C@H]8C7)[C@H]6C5)CC4)cc3C2=O)C(=O)N1. The first-order chi connectivity index (χ1) is 26.3. The molecule has 0 radical (unpaired) electrons. The lowest BCUT2D eigenvalue weighted by Gasteiger charge is -2.46. The van der Waals surface area contributed by atoms with Crippen LogP contribution in [0.25, 0.3) is 11.3 Å². The Kier molecular flexibility index (Phi) is 8.00. The van der Waals surface area contributed by atoms with Crippen LogP contribution < -0.4 is 20.4 Å². The Morgan fingerprint density at radius 2 is 1.69 bits per heavy atom. The molecule has 3 N–H and O–H groups in total. The van der Waals surface area contributed by atoms with Crippen LogP contribution in [0, 0.1) is 23.7 Å². The van der Waals surface area contributed by atoms with Crippen LogP contribution in [0.15, 0.2) is 48.5 Å². The topological polar surface area (TPSA) is 155 Å². The summed E-state index contributed by atoms with van der Waals surface area (Å²) in [6.07, 6.45) is 2.80. The molecule has 1 aliphatic carbocycles. The molecule has 7 aliphatic rings. The molecule has 6 aliphatic heterocycles. The second-order valence-corrected chi connectivity index (χ2v) is 16.2. The van der Waals surface area contributed by atoms with Crippen molar-refractivity contribution in [2.75, 3.05) is 74.0 Å². The molecule has 5 atom stereocenters. The van der Waals surface area contributed by atoms with E-state index in [0.29, 0.717) is 73.1 Å². The van der Waals surface area contributed by atoms with E-state index in [1.807, 2.05) is 30.3 Å². The number of carbonyl (C=O) groups excluding carboxylic acids is 4. The number of para-hydroxylation sites is 1. The van der Waals surface area contributed by atoms with Gasteiger partial charge in [-0.15, -0.1) is 10.2 Å². The summed E-state index contributed by atoms with van der Waals surface area (Å²) in [7, 11) is 0. The van der Waals surface area contributed by atoms with Crippen molar-refractivity contribution in [1.82, 2.24) is 30.2 Å². The van der Waals surface area contributed by atoms with E-state index in [9.17, 15) is 24.3 Å². The molecule has 5 fully saturated rings. The molecular weight excluding hydrogens is 686 g/mol. The minimum Gasteiger partial charge on any atom is -0.507 e. The molecule has 4 saturated heterocycles. The van der Waals surface area contributed by atoms with Gasteiger partial charge in [-0.05, 0) is 72.9 Å². The van der Waals surface area contributed by atoms with E-state index in [1.54, 1.807) is 17.0 Å². The van der Waals surface area contributed by atoms with E-state index in [2.05, 4.69) is 46.5 Å². The Bertz CT molecular complexity index is 2040. The first-order valence-corrected chi connectivity index (χ1v) is 19.5. The summed E-state index contributed by atoms with van der Waals surface area (Å²) < 4.78 is 0. The lowest BCUT2D eigenvalue weighted by molar-refractivity contribution is -0.137. The number of phenols is 1. The quantitative estimate of drug-likeness (QED) is 0.320. The van der Waals surface area contributed by atoms with Gasteiger partial charge in [0.25, 0.3) is 5.91 Å². The molecule has 4 amide bonds. The van der Waals surface area contributed by atoms with Crippen molar-refractivity contribution in [2.45, 2.75) is 44.3 Å². The number of benzene rings is 2. The van der Waals surface area contributed by atoms with Crippen molar-refractivity contribution < 1.29 is 24.3 Å². The second-order valence-electron chi connectivity index (χ2n) is 16.2. The number of fused-ring (bicyclic) bond motifs is 5. The molecule has 280 valence electrons. The average Bonchev–Trinajstić information content (AvgIpc) is 3.50. The van der Waals surface area contributed by atoms with Gasteiger partial charge in [-0.3, -0.25) is 24.5 Å². The Morgan fingerprint density at radius 3 is 2.48 bits per heavy atom. The smallest absolute Gasteiger partial charge is 0.255 e. The summed E-state index contributed by atoms with van der Waals surface area (Å²) in [6.45, 7) is 8.18. The average molecular weight is 732 g/mol. The number of amides is 4. The summed E-state index contributed by atoms with van der Waals surface area (Å²) in [5.74, 6) is 2.12. The summed E-state index contributed by atoms with van der Waals surface area (Å²) in [4.78, 5) is 62.2. The van der Waals surface area contributed by atoms with E-state index in [4.69, 9.17) is 0 Å². The number of aromatic hydroxyl groups is 1. The van der Waals surface area contributed by atoms with Crippen molar-refractivity contribution in [3.8, 4) is 17.0 Å². The third-order valence-corrected chi connectivity index (χ3v) is 13.1. The van der Waals surface area contributed by atoms with Crippen molar-refractivity contribution in [3.63, 3.8) is 0 Å². The van der Waals surface area contributed by atoms with E-state index >= 15 is 0 Å². The van der Waals surface area contributed by atoms with Crippen LogP contribution in [0.2, 0.25) is 0 Å². The van der Waals surface area contributed by atoms with Crippen LogP contribution in [-0.4, -0.2) is 125 Å². The van der Waals surface area contributed by atoms with Gasteiger partial charge < -0.3 is 34.9 Å². The van der Waals surface area contributed by atoms with Gasteiger partial charge in [0, 0.05) is 94.6 Å². The zero-order chi connectivity index (χ0) is 36.7. The molecule has 7 heterocycles. The fraction of sp³-hybridized carbons (Fsp3) is 0.500. The van der Waals surface area contributed by atoms with Gasteiger partial charge in [0.15, 0.2) is 5.82 Å². The minimum atomic E-state index is -0.598. The summed E-state index contributed by atoms with van der Waals surface area (Å²) >= 11 is 0. The summed E-state index contributed by atoms with van der Waals surface area (Å²) in [6, 6.07) is 14.8. The van der Waals surface area contributed by atoms with Crippen molar-refractivity contribution >= 4 is 40.8 Å². The van der Waals surface area contributed by atoms with Gasteiger partial charge in [-0.2, -0.15) is 0 Å². The first kappa shape index (κ1) is 33.3. The number of aromatic nitrogens is 2. The summed E-state index contributed by atoms with van der Waals surface area (Å²) in [5.41, 5.74) is 4.90. The highest BCUT2D eigenvalue weighted by atomic mass is 16.3. The number of piperazine rings is 1. The number of nitrogens with one attached hydrogen (secondary N) is 2. The largest absolute Gasteiger partial charge is 0.507 e. The number of phenolic OH excluding ortho intramolecular Hbond substituents is 1. The molecule has 14 heteroatoms. The number of carbonyl (C=O) groups is 4. The molecule has 3 unspecified atom stereocenters. The van der Waals surface area contributed by atoms with Crippen LogP contribution >= 0.6 is 0 Å². The van der Waals surface area contributed by atoms with Crippen LogP contribution in [0.4, 0.5) is 17.2 Å². The lowest BCUT2D eigenvalue weighted by atomic mass is 9.95. The molecule has 1 saturated carbocycles. The minimum absolute atomic E-state index is 0.129. The normalized spacial score (nSPS) is 27.9. The highest BCUT2D eigenvalue weighted by molar-refractivity contribution is 6.05. The highest BCUT2D eigenvalue weighted by Gasteiger charge is 2.60. The Hall–Kier alpha value is -5.24. The van der Waals surface area contributed by atoms with E-state index in [-0.39, 0.29) is 41.9 Å². The number of likely N-dealkylation sites (tertiary alicyclic amines) is 1. The van der Waals surface area contributed by atoms with Gasteiger partial charge in [0.2, 0.25) is 17.7 Å². The zero-order valence-electron chi connectivity index (χ0n) is 30.2. The highest BCUT2D eigenvalue weighted by Crippen LogP contribution is 2.53. The Morgan fingerprint density at radius 1 is 0.870 bits per heavy atom. The van der Waals surface area contributed by atoms with Gasteiger partial charge >= 0.3 is 0 Å². The molecule has 3 aromatic rings. The molecule has 0 spiro atoms. The van der Waals surface area contributed by atoms with Crippen molar-refractivity contribution in [3.05, 3.63) is 59.7 Å². The fourth-order valence-corrected chi connectivity index (χ4v) is 10.1. The lowest BCUT2D eigenvalue weighted by Crippen LogP contribution is -2.59. The van der Waals surface area contributed by atoms with Crippen LogP contribution in [0.3, 0.4) is 0 Å². The number of imide groups is 1. The van der Waals surface area contributed by atoms with Crippen LogP contribution in [0.5, 0.6) is 5.75 Å². The number of hydrogen-bond acceptors (Lipinski definition) is 11. The first-order valence-electron chi connectivity index (χ1n) is 19.5. The Balaban J connectivity index is 0.696. The van der Waals surface area contributed by atoms with Crippen LogP contribution in [-0.2, 0) is 20.9 Å². The maximum Gasteiger partial charge on any atom is 0.255 e. The standard InChI is InChI=1S/C40H45N9O5/c50-34-4-2-1-3-27(34)31-16-33-37(44-43-31)41-17-26-20-47(13-14-48(26)33)40(54)36-29-21-45(22-30(29)36)18-23-9-11-46(12-10-23)25-6-5-24-19-49(39(53)28(24)15-25)32-7-8-35(51)42-38(32)52/h1-6,15-16,23,26,29-30,32,36,50H,7-14,17-22H2,(H,41,44)(H,42,51,52)/t26-,29-,30?,32?,36?/m0/s1. The Labute approximate surface area is 313 Å². The molecule has 10 rings (SSSR count). The summed E-state index contributed by atoms with van der Waals surface area (Å²) in [5, 5.41) is 25.0. The van der Waals surface area contributed by atoms with Crippen molar-refractivity contribution in [1.29, 1.82) is 0 Å². The maximum atomic E-state index is 13.8. The molecule has 1 aromatic heterocycles. The van der Waals surface area contributed by atoms with E-state index in [0.717, 1.165) is 74.9 Å². The molecule has 0 bridgehead atoms. The van der Waals surface area contributed by atoms with Gasteiger partial charge in [0.05, 0.1) is 17.4 Å². The number of nitrogens with zero attached hydrogens (tertiary/aromatic N) is 7. The number of hydrogen-bond donors (Lipinski definition) is 3. The second kappa shape index (κ2) is 13.0. The predicted molar refractivity (Wildman–Crippen MR) is 200 cm³/mol. The third kappa shape index (κ3) is 5.73. The monoisotopic (exact) mass is 731 g/mol. The zero-order valence-corrected chi connectivity index (χ0v) is 30.2. The van der Waals surface area contributed by atoms with Gasteiger partial charge in [-0.1, -0.05) is 18.2 Å². The molecule has 54 heavy (non-hydrogen) atoms. The fourth-order valence-electron chi connectivity index (χ4n) is 10.1. The number of piperidine rings is 3. The third-order valence-electron chi connectivity index (χ3n) is 13.1. The molecular formula is C40H45N9O5. The predicted octanol–water partition coefficient (Wildman–Crippen LogP) is 2.15. The van der Waals surface area contributed by atoms with Gasteiger partial charge in [-0.25, -0.2) is 0 Å². The van der Waals surface area contributed by atoms with Crippen LogP contribution in [0.1, 0.15) is 41.6 Å². The number of rotatable bonds is 6. The van der Waals surface area contributed by atoms with E-state index < -0.39 is 6.04 Å². The van der Waals surface area contributed by atoms with E-state index in [1.165, 1.54) is 0 Å². The van der Waals surface area contributed by atoms with Gasteiger partial charge in [0.1, 0.15) is 11.8 Å². The van der Waals surface area contributed by atoms with Crippen molar-refractivity contribution in [2.24, 2.45) is 23.7 Å². The molecule has 2 aromatic carbocycles.